The van der Waals surface area contributed by atoms with Crippen LogP contribution >= 0.6 is 11.8 Å². The fourth-order valence-corrected chi connectivity index (χ4v) is 5.22. The first-order valence-corrected chi connectivity index (χ1v) is 12.0. The largest absolute Gasteiger partial charge is 0.497 e. The number of rotatable bonds is 8. The highest BCUT2D eigenvalue weighted by atomic mass is 32.2. The molecule has 2 amide bonds. The number of hydrogen-bond acceptors (Lipinski definition) is 6. The number of esters is 1. The zero-order chi connectivity index (χ0) is 24.1. The summed E-state index contributed by atoms with van der Waals surface area (Å²) in [6.07, 6.45) is 3.84. The zero-order valence-corrected chi connectivity index (χ0v) is 19.8. The van der Waals surface area contributed by atoms with Gasteiger partial charge in [0, 0.05) is 5.75 Å². The molecule has 1 saturated heterocycles. The highest BCUT2D eigenvalue weighted by molar-refractivity contribution is 8.00. The van der Waals surface area contributed by atoms with Gasteiger partial charge in [0.1, 0.15) is 29.5 Å². The van der Waals surface area contributed by atoms with Crippen molar-refractivity contribution in [3.63, 3.8) is 0 Å². The number of nitrogens with zero attached hydrogens (tertiary/aromatic N) is 1. The summed E-state index contributed by atoms with van der Waals surface area (Å²) in [7, 11) is 1.59. The van der Waals surface area contributed by atoms with Gasteiger partial charge in [0.05, 0.1) is 13.5 Å². The van der Waals surface area contributed by atoms with Crippen LogP contribution in [0.15, 0.2) is 78.0 Å². The van der Waals surface area contributed by atoms with Gasteiger partial charge in [-0.25, -0.2) is 4.79 Å². The van der Waals surface area contributed by atoms with Crippen LogP contribution < -0.4 is 10.1 Å². The monoisotopic (exact) mass is 478 g/mol. The number of ether oxygens (including phenoxy) is 2. The molecule has 2 aliphatic heterocycles. The van der Waals surface area contributed by atoms with E-state index in [1.165, 1.54) is 16.7 Å². The summed E-state index contributed by atoms with van der Waals surface area (Å²) in [5, 5.41) is 2.49. The Labute approximate surface area is 202 Å². The number of carbonyl (C=O) groups is 3. The maximum Gasteiger partial charge on any atom is 0.355 e. The molecule has 0 radical (unpaired) electrons. The van der Waals surface area contributed by atoms with E-state index in [1.54, 1.807) is 19.2 Å². The maximum atomic E-state index is 13.1. The molecule has 0 aliphatic carbocycles. The predicted molar refractivity (Wildman–Crippen MR) is 130 cm³/mol. The van der Waals surface area contributed by atoms with Gasteiger partial charge in [-0.1, -0.05) is 54.6 Å². The fourth-order valence-electron chi connectivity index (χ4n) is 3.91. The molecule has 8 heteroatoms. The summed E-state index contributed by atoms with van der Waals surface area (Å²) < 4.78 is 10.7. The van der Waals surface area contributed by atoms with Gasteiger partial charge in [0.25, 0.3) is 5.91 Å². The lowest BCUT2D eigenvalue weighted by molar-refractivity contribution is -0.153. The molecule has 0 aromatic heterocycles. The molecule has 1 N–H and O–H groups in total. The Morgan fingerprint density at radius 3 is 2.53 bits per heavy atom. The molecule has 2 aliphatic rings. The minimum absolute atomic E-state index is 0.0759. The van der Waals surface area contributed by atoms with E-state index < -0.39 is 12.0 Å². The Hall–Kier alpha value is -3.52. The minimum atomic E-state index is -0.669. The number of thioether (sulfide) groups is 1. The molecule has 1 fully saturated rings. The van der Waals surface area contributed by atoms with Crippen LogP contribution in [-0.2, 0) is 32.1 Å². The van der Waals surface area contributed by atoms with Crippen molar-refractivity contribution in [3.8, 4) is 5.75 Å². The number of nitrogens with one attached hydrogen (secondary N) is 1. The van der Waals surface area contributed by atoms with Crippen molar-refractivity contribution in [1.29, 1.82) is 0 Å². The molecule has 2 atom stereocenters. The molecule has 2 aromatic carbocycles. The Bertz CT molecular complexity index is 1130. The molecule has 34 heavy (non-hydrogen) atoms. The lowest BCUT2D eigenvalue weighted by Gasteiger charge is -2.49. The van der Waals surface area contributed by atoms with Gasteiger partial charge in [-0.2, -0.15) is 0 Å². The van der Waals surface area contributed by atoms with Crippen LogP contribution in [0, 0.1) is 0 Å². The van der Waals surface area contributed by atoms with Gasteiger partial charge in [-0.05, 0) is 35.8 Å². The molecule has 2 heterocycles. The first-order chi connectivity index (χ1) is 16.5. The Kier molecular flexibility index (Phi) is 7.37. The Morgan fingerprint density at radius 2 is 1.85 bits per heavy atom. The van der Waals surface area contributed by atoms with Crippen LogP contribution in [0.1, 0.15) is 18.1 Å². The number of fused-ring (bicyclic) bond motifs is 1. The zero-order valence-electron chi connectivity index (χ0n) is 19.0. The first kappa shape index (κ1) is 23.6. The molecule has 0 saturated carbocycles. The third-order valence-electron chi connectivity index (χ3n) is 5.61. The second kappa shape index (κ2) is 10.6. The average Bonchev–Trinajstić information content (AvgIpc) is 2.86. The second-order valence-electron chi connectivity index (χ2n) is 7.92. The third-order valence-corrected chi connectivity index (χ3v) is 6.91. The molecular formula is C26H26N2O5S. The van der Waals surface area contributed by atoms with E-state index in [1.807, 2.05) is 61.5 Å². The van der Waals surface area contributed by atoms with Gasteiger partial charge in [-0.3, -0.25) is 14.5 Å². The molecule has 2 aromatic rings. The smallest absolute Gasteiger partial charge is 0.355 e. The van der Waals surface area contributed by atoms with E-state index in [0.29, 0.717) is 11.5 Å². The highest BCUT2D eigenvalue weighted by Crippen LogP contribution is 2.41. The van der Waals surface area contributed by atoms with E-state index in [2.05, 4.69) is 5.32 Å². The van der Waals surface area contributed by atoms with Crippen molar-refractivity contribution in [1.82, 2.24) is 10.2 Å². The Balaban J connectivity index is 1.44. The van der Waals surface area contributed by atoms with Gasteiger partial charge in [0.2, 0.25) is 5.91 Å². The summed E-state index contributed by atoms with van der Waals surface area (Å²) in [6, 6.07) is 15.9. The van der Waals surface area contributed by atoms with E-state index in [4.69, 9.17) is 9.47 Å². The predicted octanol–water partition coefficient (Wildman–Crippen LogP) is 3.21. The van der Waals surface area contributed by atoms with Crippen molar-refractivity contribution < 1.29 is 23.9 Å². The molecule has 0 bridgehead atoms. The number of allylic oxidation sites excluding steroid dienone is 2. The molecule has 4 rings (SSSR count). The number of benzene rings is 2. The van der Waals surface area contributed by atoms with Crippen LogP contribution in [0.5, 0.6) is 5.75 Å². The summed E-state index contributed by atoms with van der Waals surface area (Å²) >= 11 is 1.52. The number of carbonyl (C=O) groups excluding carboxylic acids is 3. The molecule has 1 unspecified atom stereocenters. The lowest BCUT2D eigenvalue weighted by Crippen LogP contribution is -2.70. The van der Waals surface area contributed by atoms with Crippen molar-refractivity contribution in [3.05, 3.63) is 89.1 Å². The van der Waals surface area contributed by atoms with Crippen molar-refractivity contribution in [2.45, 2.75) is 31.4 Å². The van der Waals surface area contributed by atoms with Crippen LogP contribution in [0.25, 0.3) is 0 Å². The summed E-state index contributed by atoms with van der Waals surface area (Å²) in [5.74, 6) is 0.161. The van der Waals surface area contributed by atoms with E-state index in [9.17, 15) is 14.4 Å². The first-order valence-electron chi connectivity index (χ1n) is 11.0. The van der Waals surface area contributed by atoms with Gasteiger partial charge >= 0.3 is 5.97 Å². The van der Waals surface area contributed by atoms with E-state index in [0.717, 1.165) is 16.7 Å². The third kappa shape index (κ3) is 5.02. The fraction of sp³-hybridized carbons (Fsp3) is 0.269. The SMILES string of the molecule is C/C=C\C1=C(C(=O)OCc2ccc(OC)cc2)N2C(=O)[C@@H](NC(=O)Cc3ccccc3)C2SC1. The Morgan fingerprint density at radius 1 is 1.12 bits per heavy atom. The van der Waals surface area contributed by atoms with Crippen LogP contribution in [0.3, 0.4) is 0 Å². The quantitative estimate of drug-likeness (QED) is 0.463. The molecular weight excluding hydrogens is 452 g/mol. The molecule has 176 valence electrons. The van der Waals surface area contributed by atoms with E-state index in [-0.39, 0.29) is 35.9 Å². The van der Waals surface area contributed by atoms with Gasteiger partial charge in [-0.15, -0.1) is 11.8 Å². The number of methoxy groups -OCH3 is 1. The molecule has 0 spiro atoms. The summed E-state index contributed by atoms with van der Waals surface area (Å²) in [5.41, 5.74) is 2.66. The summed E-state index contributed by atoms with van der Waals surface area (Å²) in [6.45, 7) is 1.93. The van der Waals surface area contributed by atoms with Crippen molar-refractivity contribution >= 4 is 29.5 Å². The lowest BCUT2D eigenvalue weighted by atomic mass is 10.0. The van der Waals surface area contributed by atoms with Crippen LogP contribution in [0.2, 0.25) is 0 Å². The number of β-lactam (4-membered cyclic amide) rings is 1. The average molecular weight is 479 g/mol. The van der Waals surface area contributed by atoms with Gasteiger partial charge in [0.15, 0.2) is 0 Å². The second-order valence-corrected chi connectivity index (χ2v) is 9.02. The maximum absolute atomic E-state index is 13.1. The van der Waals surface area contributed by atoms with E-state index >= 15 is 0 Å². The normalized spacial score (nSPS) is 19.5. The topological polar surface area (TPSA) is 84.9 Å². The number of hydrogen-bond donors (Lipinski definition) is 1. The standard InChI is InChI=1S/C26H26N2O5S/c1-3-7-19-16-34-25-22(27-21(29)14-17-8-5-4-6-9-17)24(30)28(25)23(19)26(31)33-15-18-10-12-20(32-2)13-11-18/h3-13,22,25H,14-16H2,1-2H3,(H,27,29)/b7-3-/t22-,25?/m1/s1. The van der Waals surface area contributed by atoms with Crippen molar-refractivity contribution in [2.75, 3.05) is 12.9 Å². The number of amides is 2. The summed E-state index contributed by atoms with van der Waals surface area (Å²) in [4.78, 5) is 40.0. The highest BCUT2D eigenvalue weighted by Gasteiger charge is 2.54. The van der Waals surface area contributed by atoms with Gasteiger partial charge < -0.3 is 14.8 Å². The van der Waals surface area contributed by atoms with Crippen LogP contribution in [0.4, 0.5) is 0 Å². The molecule has 7 nitrogen and oxygen atoms in total. The minimum Gasteiger partial charge on any atom is -0.497 e. The van der Waals surface area contributed by atoms with Crippen LogP contribution in [-0.4, -0.2) is 47.0 Å². The van der Waals surface area contributed by atoms with Crippen molar-refractivity contribution in [2.24, 2.45) is 0 Å².